The van der Waals surface area contributed by atoms with Gasteiger partial charge < -0.3 is 28.8 Å². The number of ether oxygens (including phenoxy) is 5. The maximum Gasteiger partial charge on any atom is 0.160 e. The van der Waals surface area contributed by atoms with Crippen LogP contribution in [0.4, 0.5) is 0 Å². The van der Waals surface area contributed by atoms with Gasteiger partial charge in [-0.25, -0.2) is 0 Å². The van der Waals surface area contributed by atoms with E-state index >= 15 is 0 Å². The van der Waals surface area contributed by atoms with Crippen LogP contribution in [0.5, 0.6) is 17.2 Å². The molecule has 0 amide bonds. The molecule has 3 rings (SSSR count). The summed E-state index contributed by atoms with van der Waals surface area (Å²) in [7, 11) is 3.24. The predicted octanol–water partition coefficient (Wildman–Crippen LogP) is 3.90. The first-order valence-electron chi connectivity index (χ1n) is 10.0. The van der Waals surface area contributed by atoms with E-state index in [1.54, 1.807) is 14.2 Å². The molecule has 0 saturated carbocycles. The van der Waals surface area contributed by atoms with Crippen molar-refractivity contribution in [3.05, 3.63) is 53.6 Å². The molecule has 1 N–H and O–H groups in total. The molecular weight excluding hydrogens is 372 g/mol. The number of methoxy groups -OCH3 is 2. The summed E-state index contributed by atoms with van der Waals surface area (Å²) in [5.41, 5.74) is 1.93. The van der Waals surface area contributed by atoms with Crippen LogP contribution in [0.3, 0.4) is 0 Å². The SMILES string of the molecule is COc1ccc(CC[C@@H](O)c2cccc(OCCC3OCCCO3)c2)cc1OC. The highest BCUT2D eigenvalue weighted by atomic mass is 16.7. The molecule has 1 saturated heterocycles. The fourth-order valence-electron chi connectivity index (χ4n) is 3.29. The number of aliphatic hydroxyl groups excluding tert-OH is 1. The van der Waals surface area contributed by atoms with Crippen molar-refractivity contribution in [1.82, 2.24) is 0 Å². The minimum atomic E-state index is -0.573. The van der Waals surface area contributed by atoms with Crippen molar-refractivity contribution in [2.75, 3.05) is 34.0 Å². The molecule has 6 nitrogen and oxygen atoms in total. The van der Waals surface area contributed by atoms with Crippen molar-refractivity contribution in [2.45, 2.75) is 38.1 Å². The lowest BCUT2D eigenvalue weighted by atomic mass is 10.0. The zero-order valence-corrected chi connectivity index (χ0v) is 17.1. The van der Waals surface area contributed by atoms with E-state index in [9.17, 15) is 5.11 Å². The molecule has 0 aliphatic carbocycles. The summed E-state index contributed by atoms with van der Waals surface area (Å²) in [5.74, 6) is 2.13. The number of hydrogen-bond donors (Lipinski definition) is 1. The van der Waals surface area contributed by atoms with Crippen LogP contribution in [0, 0.1) is 0 Å². The lowest BCUT2D eigenvalue weighted by Crippen LogP contribution is -2.26. The van der Waals surface area contributed by atoms with Crippen molar-refractivity contribution >= 4 is 0 Å². The molecule has 2 aromatic carbocycles. The van der Waals surface area contributed by atoms with Crippen LogP contribution in [0.15, 0.2) is 42.5 Å². The topological polar surface area (TPSA) is 66.4 Å². The number of benzene rings is 2. The molecule has 1 fully saturated rings. The fraction of sp³-hybridized carbons (Fsp3) is 0.478. The average molecular weight is 402 g/mol. The molecule has 0 unspecified atom stereocenters. The second-order valence-electron chi connectivity index (χ2n) is 6.98. The Balaban J connectivity index is 1.50. The third-order valence-corrected chi connectivity index (χ3v) is 4.92. The second kappa shape index (κ2) is 11.0. The van der Waals surface area contributed by atoms with Gasteiger partial charge in [-0.15, -0.1) is 0 Å². The molecule has 6 heteroatoms. The molecule has 158 valence electrons. The van der Waals surface area contributed by atoms with Crippen LogP contribution in [-0.2, 0) is 15.9 Å². The second-order valence-corrected chi connectivity index (χ2v) is 6.98. The number of rotatable bonds is 10. The third-order valence-electron chi connectivity index (χ3n) is 4.92. The van der Waals surface area contributed by atoms with Crippen LogP contribution < -0.4 is 14.2 Å². The van der Waals surface area contributed by atoms with E-state index in [2.05, 4.69) is 0 Å². The fourth-order valence-corrected chi connectivity index (χ4v) is 3.29. The van der Waals surface area contributed by atoms with Gasteiger partial charge in [-0.05, 0) is 54.7 Å². The zero-order chi connectivity index (χ0) is 20.5. The Morgan fingerprint density at radius 1 is 1.03 bits per heavy atom. The molecule has 1 aliphatic heterocycles. The number of hydrogen-bond acceptors (Lipinski definition) is 6. The average Bonchev–Trinajstić information content (AvgIpc) is 2.78. The van der Waals surface area contributed by atoms with Gasteiger partial charge in [-0.1, -0.05) is 18.2 Å². The highest BCUT2D eigenvalue weighted by Crippen LogP contribution is 2.29. The quantitative estimate of drug-likeness (QED) is 0.650. The molecule has 1 aliphatic rings. The summed E-state index contributed by atoms with van der Waals surface area (Å²) in [4.78, 5) is 0. The first-order chi connectivity index (χ1) is 14.2. The Labute approximate surface area is 172 Å². The van der Waals surface area contributed by atoms with E-state index < -0.39 is 6.10 Å². The van der Waals surface area contributed by atoms with Crippen molar-refractivity contribution < 1.29 is 28.8 Å². The monoisotopic (exact) mass is 402 g/mol. The highest BCUT2D eigenvalue weighted by molar-refractivity contribution is 5.43. The van der Waals surface area contributed by atoms with E-state index in [0.717, 1.165) is 42.9 Å². The lowest BCUT2D eigenvalue weighted by molar-refractivity contribution is -0.183. The van der Waals surface area contributed by atoms with Crippen LogP contribution in [0.25, 0.3) is 0 Å². The van der Waals surface area contributed by atoms with E-state index in [4.69, 9.17) is 23.7 Å². The summed E-state index contributed by atoms with van der Waals surface area (Å²) in [6, 6.07) is 13.4. The predicted molar refractivity (Wildman–Crippen MR) is 110 cm³/mol. The van der Waals surface area contributed by atoms with Gasteiger partial charge in [-0.3, -0.25) is 0 Å². The lowest BCUT2D eigenvalue weighted by Gasteiger charge is -2.23. The molecule has 2 aromatic rings. The van der Waals surface area contributed by atoms with E-state index in [0.29, 0.717) is 30.9 Å². The van der Waals surface area contributed by atoms with Crippen LogP contribution >= 0.6 is 0 Å². The summed E-state index contributed by atoms with van der Waals surface area (Å²) in [5, 5.41) is 10.6. The van der Waals surface area contributed by atoms with E-state index in [1.807, 2.05) is 42.5 Å². The van der Waals surface area contributed by atoms with Gasteiger partial charge in [0.15, 0.2) is 17.8 Å². The zero-order valence-electron chi connectivity index (χ0n) is 17.1. The van der Waals surface area contributed by atoms with Gasteiger partial charge in [0.05, 0.1) is 40.1 Å². The smallest absolute Gasteiger partial charge is 0.160 e. The van der Waals surface area contributed by atoms with Crippen molar-refractivity contribution in [3.63, 3.8) is 0 Å². The first-order valence-corrected chi connectivity index (χ1v) is 10.0. The highest BCUT2D eigenvalue weighted by Gasteiger charge is 2.14. The number of aryl methyl sites for hydroxylation is 1. The van der Waals surface area contributed by atoms with Crippen LogP contribution in [0.1, 0.15) is 36.5 Å². The maximum absolute atomic E-state index is 10.6. The first kappa shape index (κ1) is 21.4. The summed E-state index contributed by atoms with van der Waals surface area (Å²) < 4.78 is 27.5. The van der Waals surface area contributed by atoms with Gasteiger partial charge in [-0.2, -0.15) is 0 Å². The Bertz CT molecular complexity index is 757. The van der Waals surface area contributed by atoms with E-state index in [1.165, 1.54) is 0 Å². The molecular formula is C23H30O6. The maximum atomic E-state index is 10.6. The molecule has 0 bridgehead atoms. The van der Waals surface area contributed by atoms with Gasteiger partial charge in [0.25, 0.3) is 0 Å². The molecule has 1 atom stereocenters. The van der Waals surface area contributed by atoms with Gasteiger partial charge >= 0.3 is 0 Å². The van der Waals surface area contributed by atoms with Crippen LogP contribution in [-0.4, -0.2) is 45.4 Å². The molecule has 1 heterocycles. The Kier molecular flexibility index (Phi) is 8.16. The van der Waals surface area contributed by atoms with Crippen molar-refractivity contribution in [1.29, 1.82) is 0 Å². The number of aliphatic hydroxyl groups is 1. The minimum Gasteiger partial charge on any atom is -0.493 e. The Morgan fingerprint density at radius 2 is 1.83 bits per heavy atom. The molecule has 0 spiro atoms. The Hall–Kier alpha value is -2.28. The van der Waals surface area contributed by atoms with Gasteiger partial charge in [0.1, 0.15) is 5.75 Å². The van der Waals surface area contributed by atoms with Gasteiger partial charge in [0.2, 0.25) is 0 Å². The van der Waals surface area contributed by atoms with Crippen molar-refractivity contribution in [2.24, 2.45) is 0 Å². The summed E-state index contributed by atoms with van der Waals surface area (Å²) in [6.07, 6.45) is 2.20. The summed E-state index contributed by atoms with van der Waals surface area (Å²) in [6.45, 7) is 1.99. The summed E-state index contributed by atoms with van der Waals surface area (Å²) >= 11 is 0. The van der Waals surface area contributed by atoms with E-state index in [-0.39, 0.29) is 6.29 Å². The Morgan fingerprint density at radius 3 is 2.59 bits per heavy atom. The standard InChI is InChI=1S/C23H30O6/c1-25-21-10-8-17(15-22(21)26-2)7-9-20(24)18-5-3-6-19(16-18)27-14-11-23-28-12-4-13-29-23/h3,5-6,8,10,15-16,20,23-24H,4,7,9,11-14H2,1-2H3/t20-/m1/s1. The molecule has 0 radical (unpaired) electrons. The largest absolute Gasteiger partial charge is 0.493 e. The van der Waals surface area contributed by atoms with Crippen LogP contribution in [0.2, 0.25) is 0 Å². The minimum absolute atomic E-state index is 0.181. The molecule has 29 heavy (non-hydrogen) atoms. The van der Waals surface area contributed by atoms with Gasteiger partial charge in [0, 0.05) is 6.42 Å². The third kappa shape index (κ3) is 6.35. The molecule has 0 aromatic heterocycles. The van der Waals surface area contributed by atoms with Crippen molar-refractivity contribution in [3.8, 4) is 17.2 Å². The normalized spacial score (nSPS) is 15.7.